The van der Waals surface area contributed by atoms with E-state index in [4.69, 9.17) is 4.74 Å². The van der Waals surface area contributed by atoms with E-state index in [1.54, 1.807) is 14.0 Å². The molecule has 6 heteroatoms. The lowest BCUT2D eigenvalue weighted by Gasteiger charge is -2.27. The number of rotatable bonds is 5. The topological polar surface area (TPSA) is 67.4 Å². The summed E-state index contributed by atoms with van der Waals surface area (Å²) in [6, 6.07) is 7.36. The maximum absolute atomic E-state index is 12.2. The lowest BCUT2D eigenvalue weighted by molar-refractivity contribution is 0.263. The van der Waals surface area contributed by atoms with Crippen LogP contribution < -0.4 is 14.8 Å². The van der Waals surface area contributed by atoms with Gasteiger partial charge in [-0.1, -0.05) is 18.2 Å². The minimum Gasteiger partial charge on any atom is -0.493 e. The highest BCUT2D eigenvalue weighted by atomic mass is 32.2. The smallest absolute Gasteiger partial charge is 0.216 e. The normalized spacial score (nSPS) is 20.4. The van der Waals surface area contributed by atoms with Crippen LogP contribution in [0.2, 0.25) is 0 Å². The number of para-hydroxylation sites is 1. The Morgan fingerprint density at radius 2 is 2.16 bits per heavy atom. The summed E-state index contributed by atoms with van der Waals surface area (Å²) in [5.41, 5.74) is 0.911. The van der Waals surface area contributed by atoms with Gasteiger partial charge in [-0.3, -0.25) is 0 Å². The molecule has 1 aliphatic heterocycles. The average molecular weight is 284 g/mol. The van der Waals surface area contributed by atoms with Crippen LogP contribution in [0.15, 0.2) is 24.3 Å². The lowest BCUT2D eigenvalue weighted by Crippen LogP contribution is -2.41. The van der Waals surface area contributed by atoms with Crippen molar-refractivity contribution in [3.8, 4) is 5.75 Å². The van der Waals surface area contributed by atoms with E-state index in [-0.39, 0.29) is 6.04 Å². The molecule has 1 aromatic carbocycles. The van der Waals surface area contributed by atoms with E-state index in [9.17, 15) is 8.42 Å². The van der Waals surface area contributed by atoms with Gasteiger partial charge in [0.25, 0.3) is 0 Å². The first-order chi connectivity index (χ1) is 9.04. The second-order valence-electron chi connectivity index (χ2n) is 4.76. The highest BCUT2D eigenvalue weighted by molar-refractivity contribution is 7.90. The van der Waals surface area contributed by atoms with Crippen LogP contribution in [0.5, 0.6) is 5.75 Å². The molecule has 1 heterocycles. The molecule has 2 unspecified atom stereocenters. The van der Waals surface area contributed by atoms with Crippen molar-refractivity contribution in [3.05, 3.63) is 29.8 Å². The standard InChI is InChI=1S/C13H20N2O3S/c1-10(9-14-2)19(16,17)15-12-7-8-18-13-6-4-3-5-11(12)13/h3-6,10,12,14-15H,7-9H2,1-2H3. The van der Waals surface area contributed by atoms with Crippen LogP contribution in [0.3, 0.4) is 0 Å². The molecule has 5 nitrogen and oxygen atoms in total. The van der Waals surface area contributed by atoms with Crippen molar-refractivity contribution in [1.82, 2.24) is 10.0 Å². The molecule has 2 N–H and O–H groups in total. The number of fused-ring (bicyclic) bond motifs is 1. The summed E-state index contributed by atoms with van der Waals surface area (Å²) >= 11 is 0. The highest BCUT2D eigenvalue weighted by Crippen LogP contribution is 2.32. The zero-order chi connectivity index (χ0) is 13.9. The van der Waals surface area contributed by atoms with E-state index < -0.39 is 15.3 Å². The molecule has 106 valence electrons. The Morgan fingerprint density at radius 3 is 2.89 bits per heavy atom. The molecule has 1 aromatic rings. The Bertz CT molecular complexity index is 530. The number of hydrogen-bond acceptors (Lipinski definition) is 4. The fourth-order valence-electron chi connectivity index (χ4n) is 2.18. The lowest BCUT2D eigenvalue weighted by atomic mass is 10.0. The molecule has 0 saturated carbocycles. The molecular formula is C13H20N2O3S. The number of benzene rings is 1. The minimum absolute atomic E-state index is 0.200. The number of hydrogen-bond donors (Lipinski definition) is 2. The summed E-state index contributed by atoms with van der Waals surface area (Å²) in [6.45, 7) is 2.66. The SMILES string of the molecule is CNCC(C)S(=O)(=O)NC1CCOc2ccccc21. The second kappa shape index (κ2) is 5.90. The zero-order valence-corrected chi connectivity index (χ0v) is 12.0. The van der Waals surface area contributed by atoms with E-state index in [2.05, 4.69) is 10.0 Å². The predicted octanol–water partition coefficient (Wildman–Crippen LogP) is 1.04. The van der Waals surface area contributed by atoms with Gasteiger partial charge in [-0.15, -0.1) is 0 Å². The monoisotopic (exact) mass is 284 g/mol. The van der Waals surface area contributed by atoms with Gasteiger partial charge in [0, 0.05) is 18.5 Å². The number of nitrogens with one attached hydrogen (secondary N) is 2. The fraction of sp³-hybridized carbons (Fsp3) is 0.538. The third kappa shape index (κ3) is 3.26. The van der Waals surface area contributed by atoms with Gasteiger partial charge >= 0.3 is 0 Å². The van der Waals surface area contributed by atoms with Crippen molar-refractivity contribution in [1.29, 1.82) is 0 Å². The zero-order valence-electron chi connectivity index (χ0n) is 11.2. The molecule has 0 spiro atoms. The third-order valence-electron chi connectivity index (χ3n) is 3.29. The number of ether oxygens (including phenoxy) is 1. The van der Waals surface area contributed by atoms with Gasteiger partial charge < -0.3 is 10.1 Å². The van der Waals surface area contributed by atoms with E-state index in [0.717, 1.165) is 11.3 Å². The predicted molar refractivity (Wildman–Crippen MR) is 74.7 cm³/mol. The second-order valence-corrected chi connectivity index (χ2v) is 6.89. The first-order valence-electron chi connectivity index (χ1n) is 6.42. The summed E-state index contributed by atoms with van der Waals surface area (Å²) in [7, 11) is -1.59. The molecule has 2 rings (SSSR count). The Labute approximate surface area is 114 Å². The summed E-state index contributed by atoms with van der Waals surface area (Å²) in [5.74, 6) is 0.766. The maximum atomic E-state index is 12.2. The summed E-state index contributed by atoms with van der Waals surface area (Å²) in [5, 5.41) is 2.42. The molecule has 0 aliphatic carbocycles. The van der Waals surface area contributed by atoms with Gasteiger partial charge in [0.15, 0.2) is 0 Å². The molecule has 1 aliphatic rings. The highest BCUT2D eigenvalue weighted by Gasteiger charge is 2.28. The Morgan fingerprint density at radius 1 is 1.42 bits per heavy atom. The van der Waals surface area contributed by atoms with Crippen LogP contribution in [0, 0.1) is 0 Å². The summed E-state index contributed by atoms with van der Waals surface area (Å²) < 4.78 is 32.7. The Hall–Kier alpha value is -1.11. The minimum atomic E-state index is -3.33. The maximum Gasteiger partial charge on any atom is 0.216 e. The van der Waals surface area contributed by atoms with Gasteiger partial charge in [-0.2, -0.15) is 0 Å². The largest absolute Gasteiger partial charge is 0.493 e. The molecular weight excluding hydrogens is 264 g/mol. The van der Waals surface area contributed by atoms with E-state index in [0.29, 0.717) is 19.6 Å². The van der Waals surface area contributed by atoms with Gasteiger partial charge in [-0.05, 0) is 20.0 Å². The third-order valence-corrected chi connectivity index (χ3v) is 5.13. The Balaban J connectivity index is 2.17. The van der Waals surface area contributed by atoms with Crippen LogP contribution in [-0.2, 0) is 10.0 Å². The van der Waals surface area contributed by atoms with Gasteiger partial charge in [0.05, 0.1) is 17.9 Å². The first-order valence-corrected chi connectivity index (χ1v) is 7.96. The molecule has 0 fully saturated rings. The van der Waals surface area contributed by atoms with Crippen molar-refractivity contribution in [3.63, 3.8) is 0 Å². The molecule has 2 atom stereocenters. The van der Waals surface area contributed by atoms with E-state index in [1.165, 1.54) is 0 Å². The molecule has 0 saturated heterocycles. The first kappa shape index (κ1) is 14.3. The van der Waals surface area contributed by atoms with Crippen molar-refractivity contribution >= 4 is 10.0 Å². The average Bonchev–Trinajstić information content (AvgIpc) is 2.39. The number of sulfonamides is 1. The molecule has 0 radical (unpaired) electrons. The molecule has 0 amide bonds. The molecule has 0 bridgehead atoms. The van der Waals surface area contributed by atoms with Crippen LogP contribution in [0.25, 0.3) is 0 Å². The van der Waals surface area contributed by atoms with Crippen LogP contribution >= 0.6 is 0 Å². The molecule has 0 aromatic heterocycles. The fourth-order valence-corrected chi connectivity index (χ4v) is 3.44. The molecule has 19 heavy (non-hydrogen) atoms. The van der Waals surface area contributed by atoms with Crippen LogP contribution in [0.1, 0.15) is 24.9 Å². The van der Waals surface area contributed by atoms with Crippen LogP contribution in [-0.4, -0.2) is 33.9 Å². The summed E-state index contributed by atoms with van der Waals surface area (Å²) in [4.78, 5) is 0. The van der Waals surface area contributed by atoms with E-state index >= 15 is 0 Å². The van der Waals surface area contributed by atoms with Crippen molar-refractivity contribution in [2.45, 2.75) is 24.6 Å². The van der Waals surface area contributed by atoms with E-state index in [1.807, 2.05) is 24.3 Å². The van der Waals surface area contributed by atoms with Gasteiger partial charge in [0.1, 0.15) is 5.75 Å². The van der Waals surface area contributed by atoms with Crippen molar-refractivity contribution < 1.29 is 13.2 Å². The Kier molecular flexibility index (Phi) is 4.44. The van der Waals surface area contributed by atoms with Crippen molar-refractivity contribution in [2.75, 3.05) is 20.2 Å². The van der Waals surface area contributed by atoms with Gasteiger partial charge in [0.2, 0.25) is 10.0 Å². The van der Waals surface area contributed by atoms with Gasteiger partial charge in [-0.25, -0.2) is 13.1 Å². The summed E-state index contributed by atoms with van der Waals surface area (Å²) in [6.07, 6.45) is 0.655. The van der Waals surface area contributed by atoms with Crippen molar-refractivity contribution in [2.24, 2.45) is 0 Å². The van der Waals surface area contributed by atoms with Crippen LogP contribution in [0.4, 0.5) is 0 Å². The quantitative estimate of drug-likeness (QED) is 0.848.